The quantitative estimate of drug-likeness (QED) is 0.641. The molecule has 0 spiro atoms. The minimum atomic E-state index is -1.27. The van der Waals surface area contributed by atoms with Gasteiger partial charge in [-0.3, -0.25) is 4.79 Å². The van der Waals surface area contributed by atoms with Gasteiger partial charge in [0.2, 0.25) is 0 Å². The van der Waals surface area contributed by atoms with Crippen molar-refractivity contribution in [3.05, 3.63) is 29.8 Å². The summed E-state index contributed by atoms with van der Waals surface area (Å²) in [5.74, 6) is -1.84. The first-order chi connectivity index (χ1) is 9.97. The second-order valence-corrected chi connectivity index (χ2v) is 4.02. The van der Waals surface area contributed by atoms with Gasteiger partial charge in [-0.25, -0.2) is 4.79 Å². The number of aromatic hydroxyl groups is 1. The average molecular weight is 292 g/mol. The van der Waals surface area contributed by atoms with E-state index >= 15 is 0 Å². The van der Waals surface area contributed by atoms with Crippen LogP contribution in [0.4, 0.5) is 0 Å². The molecule has 0 fully saturated rings. The predicted molar refractivity (Wildman–Crippen MR) is 72.1 cm³/mol. The first-order valence-electron chi connectivity index (χ1n) is 5.80. The number of ketones is 1. The number of methoxy groups -OCH3 is 2. The van der Waals surface area contributed by atoms with Gasteiger partial charge in [0.05, 0.1) is 14.2 Å². The summed E-state index contributed by atoms with van der Waals surface area (Å²) >= 11 is 0. The van der Waals surface area contributed by atoms with Crippen molar-refractivity contribution < 1.29 is 33.7 Å². The molecular weight excluding hydrogens is 280 g/mol. The summed E-state index contributed by atoms with van der Waals surface area (Å²) in [6.45, 7) is 0. The molecule has 0 saturated heterocycles. The SMILES string of the molecule is COc1cc2oc(O)c(C(=O)/C=C\C(=O)O)c2cc1OC. The first-order valence-corrected chi connectivity index (χ1v) is 5.80. The topological polar surface area (TPSA) is 106 Å². The fourth-order valence-electron chi connectivity index (χ4n) is 1.88. The van der Waals surface area contributed by atoms with E-state index < -0.39 is 17.7 Å². The molecule has 2 rings (SSSR count). The highest BCUT2D eigenvalue weighted by Gasteiger charge is 2.21. The number of hydrogen-bond acceptors (Lipinski definition) is 6. The number of rotatable bonds is 5. The Balaban J connectivity index is 2.61. The molecule has 7 nitrogen and oxygen atoms in total. The van der Waals surface area contributed by atoms with Crippen LogP contribution in [0, 0.1) is 0 Å². The Morgan fingerprint density at radius 1 is 1.14 bits per heavy atom. The number of benzene rings is 1. The summed E-state index contributed by atoms with van der Waals surface area (Å²) in [7, 11) is 2.86. The third kappa shape index (κ3) is 2.66. The van der Waals surface area contributed by atoms with E-state index in [1.807, 2.05) is 0 Å². The Hall–Kier alpha value is -2.96. The molecule has 21 heavy (non-hydrogen) atoms. The number of allylic oxidation sites excluding steroid dienone is 1. The third-order valence-corrected chi connectivity index (χ3v) is 2.80. The number of ether oxygens (including phenoxy) is 2. The van der Waals surface area contributed by atoms with Crippen LogP contribution in [-0.4, -0.2) is 36.2 Å². The predicted octanol–water partition coefficient (Wildman–Crippen LogP) is 1.98. The van der Waals surface area contributed by atoms with Gasteiger partial charge in [0, 0.05) is 17.5 Å². The molecule has 2 N–H and O–H groups in total. The molecule has 1 aromatic carbocycles. The van der Waals surface area contributed by atoms with E-state index in [1.54, 1.807) is 0 Å². The molecule has 0 amide bonds. The van der Waals surface area contributed by atoms with Gasteiger partial charge in [-0.1, -0.05) is 0 Å². The Morgan fingerprint density at radius 2 is 1.76 bits per heavy atom. The molecule has 0 aliphatic carbocycles. The van der Waals surface area contributed by atoms with E-state index in [0.717, 1.165) is 6.08 Å². The van der Waals surface area contributed by atoms with E-state index in [0.29, 0.717) is 23.0 Å². The standard InChI is InChI=1S/C14H12O7/c1-19-10-5-7-9(6-11(10)20-2)21-14(18)13(7)8(15)3-4-12(16)17/h3-6,18H,1-2H3,(H,16,17)/b4-3-. The summed E-state index contributed by atoms with van der Waals surface area (Å²) < 4.78 is 15.3. The molecule has 0 unspecified atom stereocenters. The lowest BCUT2D eigenvalue weighted by Gasteiger charge is -2.06. The number of carbonyl (C=O) groups is 2. The molecule has 110 valence electrons. The molecule has 0 atom stereocenters. The first kappa shape index (κ1) is 14.4. The van der Waals surface area contributed by atoms with E-state index in [2.05, 4.69) is 0 Å². The zero-order chi connectivity index (χ0) is 15.6. The minimum Gasteiger partial charge on any atom is -0.493 e. The highest BCUT2D eigenvalue weighted by Crippen LogP contribution is 2.38. The van der Waals surface area contributed by atoms with Gasteiger partial charge >= 0.3 is 5.97 Å². The molecule has 7 heteroatoms. The Morgan fingerprint density at radius 3 is 2.33 bits per heavy atom. The molecule has 0 aliphatic heterocycles. The minimum absolute atomic E-state index is 0.136. The molecule has 0 bridgehead atoms. The lowest BCUT2D eigenvalue weighted by atomic mass is 10.1. The van der Waals surface area contributed by atoms with Crippen molar-refractivity contribution in [1.29, 1.82) is 0 Å². The number of fused-ring (bicyclic) bond motifs is 1. The highest BCUT2D eigenvalue weighted by molar-refractivity contribution is 6.16. The van der Waals surface area contributed by atoms with Gasteiger partial charge in [-0.05, 0) is 12.1 Å². The largest absolute Gasteiger partial charge is 0.493 e. The lowest BCUT2D eigenvalue weighted by Crippen LogP contribution is -1.97. The van der Waals surface area contributed by atoms with Crippen LogP contribution in [-0.2, 0) is 4.79 Å². The number of carbonyl (C=O) groups excluding carboxylic acids is 1. The van der Waals surface area contributed by atoms with Crippen LogP contribution in [0.3, 0.4) is 0 Å². The van der Waals surface area contributed by atoms with Gasteiger partial charge in [-0.15, -0.1) is 0 Å². The second-order valence-electron chi connectivity index (χ2n) is 4.02. The molecule has 1 heterocycles. The van der Waals surface area contributed by atoms with Gasteiger partial charge in [0.15, 0.2) is 17.3 Å². The summed E-state index contributed by atoms with van der Waals surface area (Å²) in [6, 6.07) is 2.94. The number of furan rings is 1. The zero-order valence-electron chi connectivity index (χ0n) is 11.2. The maximum atomic E-state index is 12.0. The van der Waals surface area contributed by atoms with E-state index in [1.165, 1.54) is 26.4 Å². The molecule has 1 aromatic heterocycles. The summed E-state index contributed by atoms with van der Waals surface area (Å²) in [6.07, 6.45) is 1.52. The van der Waals surface area contributed by atoms with Crippen molar-refractivity contribution in [2.75, 3.05) is 14.2 Å². The molecule has 0 saturated carbocycles. The average Bonchev–Trinajstić information content (AvgIpc) is 2.77. The van der Waals surface area contributed by atoms with Crippen LogP contribution in [0.25, 0.3) is 11.0 Å². The Labute approximate surface area is 119 Å². The van der Waals surface area contributed by atoms with E-state index in [4.69, 9.17) is 19.0 Å². The number of carboxylic acids is 1. The maximum absolute atomic E-state index is 12.0. The molecule has 0 aliphatic rings. The van der Waals surface area contributed by atoms with Crippen molar-refractivity contribution in [2.24, 2.45) is 0 Å². The fourth-order valence-corrected chi connectivity index (χ4v) is 1.88. The zero-order valence-corrected chi connectivity index (χ0v) is 11.2. The van der Waals surface area contributed by atoms with Gasteiger partial charge in [-0.2, -0.15) is 0 Å². The van der Waals surface area contributed by atoms with Crippen LogP contribution < -0.4 is 9.47 Å². The summed E-state index contributed by atoms with van der Waals surface area (Å²) in [5.41, 5.74) is 0.0840. The smallest absolute Gasteiger partial charge is 0.328 e. The normalized spacial score (nSPS) is 11.0. The van der Waals surface area contributed by atoms with Gasteiger partial charge in [0.25, 0.3) is 5.95 Å². The van der Waals surface area contributed by atoms with Crippen LogP contribution in [0.1, 0.15) is 10.4 Å². The van der Waals surface area contributed by atoms with Crippen LogP contribution in [0.15, 0.2) is 28.7 Å². The molecule has 2 aromatic rings. The van der Waals surface area contributed by atoms with Crippen LogP contribution in [0.5, 0.6) is 17.4 Å². The fraction of sp³-hybridized carbons (Fsp3) is 0.143. The molecular formula is C14H12O7. The van der Waals surface area contributed by atoms with Crippen LogP contribution in [0.2, 0.25) is 0 Å². The van der Waals surface area contributed by atoms with Crippen molar-refractivity contribution in [2.45, 2.75) is 0 Å². The van der Waals surface area contributed by atoms with Gasteiger partial charge < -0.3 is 24.1 Å². The van der Waals surface area contributed by atoms with Crippen molar-refractivity contribution >= 4 is 22.7 Å². The Bertz CT molecular complexity index is 739. The second kappa shape index (κ2) is 5.58. The third-order valence-electron chi connectivity index (χ3n) is 2.80. The maximum Gasteiger partial charge on any atom is 0.328 e. The van der Waals surface area contributed by atoms with E-state index in [-0.39, 0.29) is 11.1 Å². The highest BCUT2D eigenvalue weighted by atomic mass is 16.5. The molecule has 0 radical (unpaired) electrons. The van der Waals surface area contributed by atoms with Crippen molar-refractivity contribution in [3.8, 4) is 17.4 Å². The number of aliphatic carboxylic acids is 1. The summed E-state index contributed by atoms with van der Waals surface area (Å²) in [4.78, 5) is 22.4. The monoisotopic (exact) mass is 292 g/mol. The van der Waals surface area contributed by atoms with Gasteiger partial charge in [0.1, 0.15) is 11.1 Å². The van der Waals surface area contributed by atoms with Crippen molar-refractivity contribution in [1.82, 2.24) is 0 Å². The Kier molecular flexibility index (Phi) is 3.84. The number of hydrogen-bond donors (Lipinski definition) is 2. The van der Waals surface area contributed by atoms with Crippen molar-refractivity contribution in [3.63, 3.8) is 0 Å². The number of carboxylic acid groups (broad SMARTS) is 1. The summed E-state index contributed by atoms with van der Waals surface area (Å²) in [5, 5.41) is 18.6. The van der Waals surface area contributed by atoms with E-state index in [9.17, 15) is 14.7 Å². The van der Waals surface area contributed by atoms with Crippen LogP contribution >= 0.6 is 0 Å². The lowest BCUT2D eigenvalue weighted by molar-refractivity contribution is -0.131.